The Hall–Kier alpha value is -2.00. The first-order valence-electron chi connectivity index (χ1n) is 7.08. The van der Waals surface area contributed by atoms with E-state index in [2.05, 4.69) is 15.3 Å². The smallest absolute Gasteiger partial charge is 0.325 e. The second kappa shape index (κ2) is 7.92. The summed E-state index contributed by atoms with van der Waals surface area (Å²) in [6.07, 6.45) is -4.05. The number of benzene rings is 1. The summed E-state index contributed by atoms with van der Waals surface area (Å²) in [5.41, 5.74) is -0.797. The van der Waals surface area contributed by atoms with E-state index in [1.54, 1.807) is 0 Å². The average Bonchev–Trinajstić information content (AvgIpc) is 2.53. The highest BCUT2D eigenvalue weighted by molar-refractivity contribution is 7.99. The molecule has 134 valence electrons. The number of anilines is 1. The van der Waals surface area contributed by atoms with Crippen molar-refractivity contribution in [2.24, 2.45) is 0 Å². The van der Waals surface area contributed by atoms with Gasteiger partial charge in [-0.05, 0) is 24.6 Å². The van der Waals surface area contributed by atoms with Gasteiger partial charge in [0.2, 0.25) is 5.91 Å². The molecule has 1 aromatic heterocycles. The standard InChI is InChI=1S/C15H13ClF3N3O2S/c1-2-8-6-12(23)22-14(21-8)25-7-13(24)20-9-3-4-11(16)10(5-9)15(17,18)19/h3-6H,2,7H2,1H3,(H,20,24)(H,21,22,23). The van der Waals surface area contributed by atoms with Crippen molar-refractivity contribution in [3.05, 3.63) is 50.9 Å². The summed E-state index contributed by atoms with van der Waals surface area (Å²) >= 11 is 6.50. The second-order valence-electron chi connectivity index (χ2n) is 4.92. The third-order valence-corrected chi connectivity index (χ3v) is 4.23. The number of amides is 1. The van der Waals surface area contributed by atoms with Crippen LogP contribution in [0.15, 0.2) is 34.2 Å². The molecule has 0 saturated heterocycles. The largest absolute Gasteiger partial charge is 0.417 e. The van der Waals surface area contributed by atoms with Crippen molar-refractivity contribution in [3.63, 3.8) is 0 Å². The van der Waals surface area contributed by atoms with Gasteiger partial charge in [-0.3, -0.25) is 9.59 Å². The highest BCUT2D eigenvalue weighted by Gasteiger charge is 2.33. The second-order valence-corrected chi connectivity index (χ2v) is 6.30. The predicted molar refractivity (Wildman–Crippen MR) is 90.0 cm³/mol. The summed E-state index contributed by atoms with van der Waals surface area (Å²) in [4.78, 5) is 30.0. The van der Waals surface area contributed by atoms with Crippen LogP contribution in [0, 0.1) is 0 Å². The van der Waals surface area contributed by atoms with E-state index in [9.17, 15) is 22.8 Å². The Balaban J connectivity index is 2.04. The molecule has 0 aliphatic rings. The number of hydrogen-bond acceptors (Lipinski definition) is 4. The minimum absolute atomic E-state index is 0.0221. The Bertz CT molecular complexity index is 840. The summed E-state index contributed by atoms with van der Waals surface area (Å²) in [6.45, 7) is 1.84. The van der Waals surface area contributed by atoms with Gasteiger partial charge in [0.25, 0.3) is 5.56 Å². The van der Waals surface area contributed by atoms with Gasteiger partial charge in [-0.2, -0.15) is 13.2 Å². The Morgan fingerprint density at radius 3 is 2.72 bits per heavy atom. The molecule has 0 radical (unpaired) electrons. The van der Waals surface area contributed by atoms with Gasteiger partial charge in [-0.15, -0.1) is 0 Å². The van der Waals surface area contributed by atoms with Crippen LogP contribution in [-0.2, 0) is 17.4 Å². The van der Waals surface area contributed by atoms with Gasteiger partial charge >= 0.3 is 6.18 Å². The molecule has 1 heterocycles. The molecule has 0 saturated carbocycles. The molecule has 0 fully saturated rings. The number of aromatic nitrogens is 2. The van der Waals surface area contributed by atoms with E-state index in [1.807, 2.05) is 6.92 Å². The molecule has 0 aliphatic heterocycles. The molecule has 10 heteroatoms. The number of H-pyrrole nitrogens is 1. The number of nitrogens with zero attached hydrogens (tertiary/aromatic N) is 1. The van der Waals surface area contributed by atoms with Crippen LogP contribution in [0.2, 0.25) is 5.02 Å². The third kappa shape index (κ3) is 5.50. The fraction of sp³-hybridized carbons (Fsp3) is 0.267. The first kappa shape index (κ1) is 19.3. The van der Waals surface area contributed by atoms with E-state index in [0.717, 1.165) is 23.9 Å². The first-order chi connectivity index (χ1) is 11.7. The number of carbonyl (C=O) groups excluding carboxylic acids is 1. The highest BCUT2D eigenvalue weighted by Crippen LogP contribution is 2.36. The lowest BCUT2D eigenvalue weighted by atomic mass is 10.2. The fourth-order valence-electron chi connectivity index (χ4n) is 1.88. The molecule has 2 N–H and O–H groups in total. The lowest BCUT2D eigenvalue weighted by molar-refractivity contribution is -0.137. The van der Waals surface area contributed by atoms with E-state index in [-0.39, 0.29) is 22.2 Å². The molecule has 0 spiro atoms. The lowest BCUT2D eigenvalue weighted by Gasteiger charge is -2.11. The Kier molecular flexibility index (Phi) is 6.12. The number of nitrogens with one attached hydrogen (secondary N) is 2. The molecule has 25 heavy (non-hydrogen) atoms. The summed E-state index contributed by atoms with van der Waals surface area (Å²) in [5, 5.41) is 2.18. The van der Waals surface area contributed by atoms with Crippen LogP contribution in [0.5, 0.6) is 0 Å². The van der Waals surface area contributed by atoms with Gasteiger partial charge in [-0.1, -0.05) is 30.3 Å². The molecule has 2 aromatic rings. The zero-order chi connectivity index (χ0) is 18.6. The Morgan fingerprint density at radius 2 is 2.08 bits per heavy atom. The number of thioether (sulfide) groups is 1. The maximum Gasteiger partial charge on any atom is 0.417 e. The minimum atomic E-state index is -4.61. The van der Waals surface area contributed by atoms with E-state index < -0.39 is 22.7 Å². The van der Waals surface area contributed by atoms with Crippen LogP contribution < -0.4 is 10.9 Å². The molecule has 0 bridgehead atoms. The topological polar surface area (TPSA) is 74.8 Å². The van der Waals surface area contributed by atoms with E-state index in [1.165, 1.54) is 12.1 Å². The van der Waals surface area contributed by atoms with Crippen LogP contribution in [-0.4, -0.2) is 21.6 Å². The average molecular weight is 392 g/mol. The van der Waals surface area contributed by atoms with Crippen molar-refractivity contribution < 1.29 is 18.0 Å². The summed E-state index contributed by atoms with van der Waals surface area (Å²) in [7, 11) is 0. The Morgan fingerprint density at radius 1 is 1.36 bits per heavy atom. The predicted octanol–water partition coefficient (Wildman–Crippen LogP) is 3.74. The number of halogens is 4. The monoisotopic (exact) mass is 391 g/mol. The van der Waals surface area contributed by atoms with Crippen molar-refractivity contribution in [2.45, 2.75) is 24.7 Å². The van der Waals surface area contributed by atoms with Gasteiger partial charge in [0, 0.05) is 17.4 Å². The van der Waals surface area contributed by atoms with E-state index in [0.29, 0.717) is 12.1 Å². The maximum atomic E-state index is 12.8. The number of rotatable bonds is 5. The van der Waals surface area contributed by atoms with Gasteiger partial charge in [-0.25, -0.2) is 4.98 Å². The molecule has 1 aromatic carbocycles. The van der Waals surface area contributed by atoms with Crippen LogP contribution in [0.3, 0.4) is 0 Å². The first-order valence-corrected chi connectivity index (χ1v) is 8.45. The zero-order valence-electron chi connectivity index (χ0n) is 12.9. The van der Waals surface area contributed by atoms with Crippen LogP contribution >= 0.6 is 23.4 Å². The number of hydrogen-bond donors (Lipinski definition) is 2. The summed E-state index contributed by atoms with van der Waals surface area (Å²) < 4.78 is 38.4. The van der Waals surface area contributed by atoms with Crippen molar-refractivity contribution >= 4 is 35.0 Å². The third-order valence-electron chi connectivity index (χ3n) is 3.03. The quantitative estimate of drug-likeness (QED) is 0.601. The van der Waals surface area contributed by atoms with Crippen LogP contribution in [0.25, 0.3) is 0 Å². The van der Waals surface area contributed by atoms with Crippen molar-refractivity contribution in [3.8, 4) is 0 Å². The molecule has 2 rings (SSSR count). The zero-order valence-corrected chi connectivity index (χ0v) is 14.5. The molecule has 1 amide bonds. The van der Waals surface area contributed by atoms with Crippen molar-refractivity contribution in [1.82, 2.24) is 9.97 Å². The highest BCUT2D eigenvalue weighted by atomic mass is 35.5. The number of aromatic amines is 1. The molecular formula is C15H13ClF3N3O2S. The molecule has 5 nitrogen and oxygen atoms in total. The van der Waals surface area contributed by atoms with Crippen LogP contribution in [0.4, 0.5) is 18.9 Å². The molecule has 0 unspecified atom stereocenters. The number of aryl methyl sites for hydroxylation is 1. The number of carbonyl (C=O) groups is 1. The van der Waals surface area contributed by atoms with Gasteiger partial charge in [0.05, 0.1) is 16.3 Å². The maximum absolute atomic E-state index is 12.8. The minimum Gasteiger partial charge on any atom is -0.325 e. The van der Waals surface area contributed by atoms with Gasteiger partial charge in [0.1, 0.15) is 0 Å². The summed E-state index contributed by atoms with van der Waals surface area (Å²) in [5.74, 6) is -0.662. The molecule has 0 atom stereocenters. The SMILES string of the molecule is CCc1cc(=O)[nH]c(SCC(=O)Nc2ccc(Cl)c(C(F)(F)F)c2)n1. The van der Waals surface area contributed by atoms with Crippen molar-refractivity contribution in [1.29, 1.82) is 0 Å². The Labute approximate surface area is 150 Å². The molecule has 0 aliphatic carbocycles. The van der Waals surface area contributed by atoms with Gasteiger partial charge in [0.15, 0.2) is 5.16 Å². The van der Waals surface area contributed by atoms with E-state index in [4.69, 9.17) is 11.6 Å². The lowest BCUT2D eigenvalue weighted by Crippen LogP contribution is -2.16. The van der Waals surface area contributed by atoms with Gasteiger partial charge < -0.3 is 10.3 Å². The normalized spacial score (nSPS) is 11.4. The van der Waals surface area contributed by atoms with E-state index >= 15 is 0 Å². The summed E-state index contributed by atoms with van der Waals surface area (Å²) in [6, 6.07) is 4.47. The van der Waals surface area contributed by atoms with Crippen LogP contribution in [0.1, 0.15) is 18.2 Å². The number of alkyl halides is 3. The fourth-order valence-corrected chi connectivity index (χ4v) is 2.80. The molecular weight excluding hydrogens is 379 g/mol. The van der Waals surface area contributed by atoms with Crippen molar-refractivity contribution in [2.75, 3.05) is 11.1 Å².